The van der Waals surface area contributed by atoms with Gasteiger partial charge in [0.25, 0.3) is 0 Å². The molecule has 0 unspecified atom stereocenters. The monoisotopic (exact) mass is 267 g/mol. The predicted octanol–water partition coefficient (Wildman–Crippen LogP) is 0.174. The number of hydrogen-bond acceptors (Lipinski definition) is 6. The molecule has 0 fully saturated rings. The van der Waals surface area contributed by atoms with Crippen LogP contribution in [-0.2, 0) is 0 Å². The lowest BCUT2D eigenvalue weighted by Crippen LogP contribution is -2.37. The molecule has 0 aliphatic heterocycles. The summed E-state index contributed by atoms with van der Waals surface area (Å²) in [5.41, 5.74) is 5.60. The Labute approximate surface area is 112 Å². The normalized spacial score (nSPS) is 9.84. The number of hydrogen-bond donors (Lipinski definition) is 4. The van der Waals surface area contributed by atoms with Crippen LogP contribution in [0.4, 0.5) is 22.4 Å². The first-order chi connectivity index (χ1) is 9.02. The Kier molecular flexibility index (Phi) is 5.65. The van der Waals surface area contributed by atoms with Crippen molar-refractivity contribution >= 4 is 23.6 Å². The standard InChI is InChI=1S/C11H21N7O/c1-4-13-8-7-9(17-10(12)16-8)14-5-6-15-11(19)18(2)3/h7H,4-6H2,1-3H3,(H,15,19)(H4,12,13,14,16,17). The maximum Gasteiger partial charge on any atom is 0.316 e. The number of anilines is 3. The molecule has 0 radical (unpaired) electrons. The molecule has 1 rings (SSSR count). The van der Waals surface area contributed by atoms with Gasteiger partial charge in [-0.2, -0.15) is 9.97 Å². The van der Waals surface area contributed by atoms with Crippen LogP contribution in [-0.4, -0.2) is 54.6 Å². The van der Waals surface area contributed by atoms with Crippen molar-refractivity contribution in [2.75, 3.05) is 50.1 Å². The molecule has 8 nitrogen and oxygen atoms in total. The van der Waals surface area contributed by atoms with Crippen LogP contribution in [0.5, 0.6) is 0 Å². The van der Waals surface area contributed by atoms with Gasteiger partial charge in [-0.3, -0.25) is 0 Å². The van der Waals surface area contributed by atoms with E-state index in [-0.39, 0.29) is 12.0 Å². The summed E-state index contributed by atoms with van der Waals surface area (Å²) in [5.74, 6) is 1.51. The van der Waals surface area contributed by atoms with Crippen molar-refractivity contribution < 1.29 is 4.79 Å². The second-order valence-electron chi connectivity index (χ2n) is 4.08. The first kappa shape index (κ1) is 14.8. The summed E-state index contributed by atoms with van der Waals surface area (Å²) in [5, 5.41) is 8.88. The highest BCUT2D eigenvalue weighted by molar-refractivity contribution is 5.73. The Bertz CT molecular complexity index is 422. The fourth-order valence-electron chi connectivity index (χ4n) is 1.35. The SMILES string of the molecule is CCNc1cc(NCCNC(=O)N(C)C)nc(N)n1. The Balaban J connectivity index is 2.42. The molecule has 19 heavy (non-hydrogen) atoms. The maximum absolute atomic E-state index is 11.3. The minimum absolute atomic E-state index is 0.127. The third-order valence-corrected chi connectivity index (χ3v) is 2.21. The van der Waals surface area contributed by atoms with Crippen LogP contribution in [0.3, 0.4) is 0 Å². The minimum atomic E-state index is -0.127. The second kappa shape index (κ2) is 7.24. The quantitative estimate of drug-likeness (QED) is 0.547. The van der Waals surface area contributed by atoms with Crippen molar-refractivity contribution in [2.45, 2.75) is 6.92 Å². The molecule has 0 saturated carbocycles. The van der Waals surface area contributed by atoms with Crippen LogP contribution in [0.15, 0.2) is 6.07 Å². The van der Waals surface area contributed by atoms with Crippen LogP contribution < -0.4 is 21.7 Å². The molecule has 0 aromatic carbocycles. The van der Waals surface area contributed by atoms with Crippen LogP contribution in [0, 0.1) is 0 Å². The number of nitrogens with zero attached hydrogens (tertiary/aromatic N) is 3. The van der Waals surface area contributed by atoms with E-state index < -0.39 is 0 Å². The van der Waals surface area contributed by atoms with Crippen molar-refractivity contribution in [3.63, 3.8) is 0 Å². The first-order valence-corrected chi connectivity index (χ1v) is 6.10. The number of amides is 2. The van der Waals surface area contributed by atoms with Crippen LogP contribution in [0.1, 0.15) is 6.92 Å². The number of aromatic nitrogens is 2. The molecule has 1 heterocycles. The number of nitrogens with one attached hydrogen (secondary N) is 3. The zero-order valence-corrected chi connectivity index (χ0v) is 11.5. The van der Waals surface area contributed by atoms with E-state index in [9.17, 15) is 4.79 Å². The van der Waals surface area contributed by atoms with Gasteiger partial charge in [-0.25, -0.2) is 4.79 Å². The van der Waals surface area contributed by atoms with Crippen molar-refractivity contribution in [1.29, 1.82) is 0 Å². The molecule has 1 aromatic rings. The van der Waals surface area contributed by atoms with Gasteiger partial charge in [0.05, 0.1) is 0 Å². The number of nitrogen functional groups attached to an aromatic ring is 1. The maximum atomic E-state index is 11.3. The van der Waals surface area contributed by atoms with Gasteiger partial charge in [0.1, 0.15) is 11.6 Å². The van der Waals surface area contributed by atoms with Crippen molar-refractivity contribution in [1.82, 2.24) is 20.2 Å². The van der Waals surface area contributed by atoms with Gasteiger partial charge < -0.3 is 26.6 Å². The molecule has 0 aliphatic rings. The second-order valence-corrected chi connectivity index (χ2v) is 4.08. The lowest BCUT2D eigenvalue weighted by molar-refractivity contribution is 0.218. The summed E-state index contributed by atoms with van der Waals surface area (Å²) >= 11 is 0. The average Bonchev–Trinajstić information content (AvgIpc) is 2.34. The van der Waals surface area contributed by atoms with Gasteiger partial charge in [-0.1, -0.05) is 0 Å². The number of rotatable bonds is 6. The van der Waals surface area contributed by atoms with Crippen molar-refractivity contribution in [3.8, 4) is 0 Å². The van der Waals surface area contributed by atoms with E-state index in [4.69, 9.17) is 5.73 Å². The molecule has 5 N–H and O–H groups in total. The van der Waals surface area contributed by atoms with E-state index in [1.54, 1.807) is 20.2 Å². The van der Waals surface area contributed by atoms with Gasteiger partial charge in [-0.05, 0) is 6.92 Å². The third kappa shape index (κ3) is 5.28. The highest BCUT2D eigenvalue weighted by Crippen LogP contribution is 2.11. The van der Waals surface area contributed by atoms with Gasteiger partial charge in [0.15, 0.2) is 0 Å². The molecule has 0 aliphatic carbocycles. The Hall–Kier alpha value is -2.25. The fraction of sp³-hybridized carbons (Fsp3) is 0.545. The van der Waals surface area contributed by atoms with Gasteiger partial charge >= 0.3 is 6.03 Å². The molecular weight excluding hydrogens is 246 g/mol. The molecular formula is C11H21N7O. The highest BCUT2D eigenvalue weighted by atomic mass is 16.2. The summed E-state index contributed by atoms with van der Waals surface area (Å²) in [4.78, 5) is 20.9. The Morgan fingerprint density at radius 2 is 1.89 bits per heavy atom. The molecule has 106 valence electrons. The van der Waals surface area contributed by atoms with Gasteiger partial charge in [-0.15, -0.1) is 0 Å². The molecule has 2 amide bonds. The fourth-order valence-corrected chi connectivity index (χ4v) is 1.35. The van der Waals surface area contributed by atoms with Crippen molar-refractivity contribution in [2.24, 2.45) is 0 Å². The summed E-state index contributed by atoms with van der Waals surface area (Å²) < 4.78 is 0. The molecule has 0 saturated heterocycles. The summed E-state index contributed by atoms with van der Waals surface area (Å²) in [6, 6.07) is 1.64. The van der Waals surface area contributed by atoms with E-state index in [2.05, 4.69) is 25.9 Å². The zero-order chi connectivity index (χ0) is 14.3. The third-order valence-electron chi connectivity index (χ3n) is 2.21. The minimum Gasteiger partial charge on any atom is -0.370 e. The lowest BCUT2D eigenvalue weighted by Gasteiger charge is -2.13. The molecule has 0 bridgehead atoms. The van der Waals surface area contributed by atoms with E-state index in [1.807, 2.05) is 6.92 Å². The molecule has 0 atom stereocenters. The summed E-state index contributed by atoms with van der Waals surface area (Å²) in [7, 11) is 3.38. The van der Waals surface area contributed by atoms with Crippen LogP contribution >= 0.6 is 0 Å². The Morgan fingerprint density at radius 1 is 1.26 bits per heavy atom. The largest absolute Gasteiger partial charge is 0.370 e. The Morgan fingerprint density at radius 3 is 2.47 bits per heavy atom. The smallest absolute Gasteiger partial charge is 0.316 e. The average molecular weight is 267 g/mol. The van der Waals surface area contributed by atoms with Crippen LogP contribution in [0.2, 0.25) is 0 Å². The number of carbonyl (C=O) groups is 1. The number of urea groups is 1. The predicted molar refractivity (Wildman–Crippen MR) is 76.2 cm³/mol. The molecule has 0 spiro atoms. The zero-order valence-electron chi connectivity index (χ0n) is 11.5. The highest BCUT2D eigenvalue weighted by Gasteiger charge is 2.03. The summed E-state index contributed by atoms with van der Waals surface area (Å²) in [6.07, 6.45) is 0. The van der Waals surface area contributed by atoms with E-state index >= 15 is 0 Å². The van der Waals surface area contributed by atoms with E-state index in [1.165, 1.54) is 4.90 Å². The number of nitrogens with two attached hydrogens (primary N) is 1. The van der Waals surface area contributed by atoms with E-state index in [0.717, 1.165) is 6.54 Å². The van der Waals surface area contributed by atoms with Crippen molar-refractivity contribution in [3.05, 3.63) is 6.07 Å². The topological polar surface area (TPSA) is 108 Å². The van der Waals surface area contributed by atoms with E-state index in [0.29, 0.717) is 24.7 Å². The lowest BCUT2D eigenvalue weighted by atomic mass is 10.5. The van der Waals surface area contributed by atoms with Crippen LogP contribution in [0.25, 0.3) is 0 Å². The van der Waals surface area contributed by atoms with Gasteiger partial charge in [0, 0.05) is 39.8 Å². The first-order valence-electron chi connectivity index (χ1n) is 6.10. The summed E-state index contributed by atoms with van der Waals surface area (Å²) in [6.45, 7) is 3.79. The number of carbonyl (C=O) groups excluding carboxylic acids is 1. The molecule has 1 aromatic heterocycles. The van der Waals surface area contributed by atoms with Gasteiger partial charge in [0.2, 0.25) is 5.95 Å². The molecule has 8 heteroatoms.